The van der Waals surface area contributed by atoms with Gasteiger partial charge in [0.15, 0.2) is 10.6 Å². The van der Waals surface area contributed by atoms with Crippen molar-refractivity contribution in [3.8, 4) is 0 Å². The number of halogens is 1. The molecule has 0 atom stereocenters. The Morgan fingerprint density at radius 3 is 2.95 bits per heavy atom. The van der Waals surface area contributed by atoms with E-state index in [1.807, 2.05) is 24.3 Å². The van der Waals surface area contributed by atoms with Crippen LogP contribution in [0.3, 0.4) is 0 Å². The maximum absolute atomic E-state index is 12.5. The molecule has 98 valence electrons. The Kier molecular flexibility index (Phi) is 2.67. The lowest BCUT2D eigenvalue weighted by molar-refractivity contribution is -0.00000408. The fourth-order valence-electron chi connectivity index (χ4n) is 2.13. The highest BCUT2D eigenvalue weighted by atomic mass is 35.5. The average Bonchev–Trinajstić information content (AvgIpc) is 2.99. The predicted octanol–water partition coefficient (Wildman–Crippen LogP) is -0.726. The standard InChI is InChI=1S/C11H4N6OS.ClH/c12-14-9-7-8(15-16-9)13-11-17(10(7)18)5-3-1-2-4-6(5)19-11;/h1-4H;1H. The fraction of sp³-hybridized carbons (Fsp3) is 0. The Morgan fingerprint density at radius 2 is 2.15 bits per heavy atom. The number of hydrogen-bond donors (Lipinski definition) is 1. The van der Waals surface area contributed by atoms with Crippen molar-refractivity contribution in [2.75, 3.05) is 0 Å². The second kappa shape index (κ2) is 4.26. The number of aromatic amines is 1. The Labute approximate surface area is 120 Å². The van der Waals surface area contributed by atoms with Crippen LogP contribution in [0.1, 0.15) is 0 Å². The summed E-state index contributed by atoms with van der Waals surface area (Å²) in [4.78, 5) is 20.4. The molecule has 0 saturated carbocycles. The number of aromatic nitrogens is 4. The van der Waals surface area contributed by atoms with Crippen molar-refractivity contribution in [2.24, 2.45) is 0 Å². The summed E-state index contributed by atoms with van der Waals surface area (Å²) < 4.78 is 2.47. The smallest absolute Gasteiger partial charge is 0.502 e. The van der Waals surface area contributed by atoms with Gasteiger partial charge in [-0.15, -0.1) is 0 Å². The van der Waals surface area contributed by atoms with Gasteiger partial charge in [0.2, 0.25) is 5.39 Å². The normalized spacial score (nSPS) is 10.8. The van der Waals surface area contributed by atoms with Gasteiger partial charge in [0, 0.05) is 4.98 Å². The molecule has 4 rings (SSSR count). The molecule has 0 amide bonds. The maximum atomic E-state index is 12.5. The minimum Gasteiger partial charge on any atom is -1.00 e. The molecular formula is C11H5ClN6OS. The molecule has 0 radical (unpaired) electrons. The molecule has 3 heterocycles. The van der Waals surface area contributed by atoms with Crippen LogP contribution in [0, 0.1) is 5.39 Å². The number of H-pyrrole nitrogens is 1. The maximum Gasteiger partial charge on any atom is 0.502 e. The second-order valence-corrected chi connectivity index (χ2v) is 4.98. The van der Waals surface area contributed by atoms with E-state index in [1.165, 1.54) is 15.7 Å². The lowest BCUT2D eigenvalue weighted by atomic mass is 10.3. The molecule has 3 aromatic heterocycles. The van der Waals surface area contributed by atoms with Crippen LogP contribution in [0.25, 0.3) is 31.2 Å². The molecule has 0 spiro atoms. The highest BCUT2D eigenvalue weighted by molar-refractivity contribution is 7.23. The van der Waals surface area contributed by atoms with Crippen molar-refractivity contribution >= 4 is 43.4 Å². The minimum absolute atomic E-state index is 0. The average molecular weight is 305 g/mol. The Bertz CT molecular complexity index is 1060. The molecule has 1 aromatic carbocycles. The Hall–Kier alpha value is -2.50. The lowest BCUT2D eigenvalue weighted by Gasteiger charge is -1.92. The van der Waals surface area contributed by atoms with Gasteiger partial charge in [0.05, 0.1) is 20.7 Å². The second-order valence-electron chi connectivity index (χ2n) is 3.98. The minimum atomic E-state index is -0.293. The van der Waals surface area contributed by atoms with E-state index in [0.29, 0.717) is 10.6 Å². The van der Waals surface area contributed by atoms with Crippen LogP contribution in [-0.4, -0.2) is 19.6 Å². The summed E-state index contributed by atoms with van der Waals surface area (Å²) in [6.45, 7) is 0. The van der Waals surface area contributed by atoms with E-state index in [9.17, 15) is 4.79 Å². The molecule has 0 aliphatic heterocycles. The van der Waals surface area contributed by atoms with E-state index < -0.39 is 0 Å². The predicted molar refractivity (Wildman–Crippen MR) is 71.2 cm³/mol. The molecule has 0 aliphatic carbocycles. The van der Waals surface area contributed by atoms with Crippen molar-refractivity contribution in [2.45, 2.75) is 0 Å². The SMILES string of the molecule is N#[N+]c1n[nH]c2nc3sc4ccccc4n3c(=O)c12.[Cl-]. The summed E-state index contributed by atoms with van der Waals surface area (Å²) in [5.74, 6) is -0.0443. The van der Waals surface area contributed by atoms with E-state index in [1.54, 1.807) is 0 Å². The van der Waals surface area contributed by atoms with E-state index in [0.717, 1.165) is 10.2 Å². The van der Waals surface area contributed by atoms with Crippen molar-refractivity contribution in [1.82, 2.24) is 19.6 Å². The first kappa shape index (κ1) is 12.5. The first-order chi connectivity index (χ1) is 9.29. The summed E-state index contributed by atoms with van der Waals surface area (Å²) in [6, 6.07) is 7.55. The number of nitrogens with one attached hydrogen (secondary N) is 1. The lowest BCUT2D eigenvalue weighted by Crippen LogP contribution is -3.00. The van der Waals surface area contributed by atoms with Gasteiger partial charge in [-0.25, -0.2) is 4.40 Å². The van der Waals surface area contributed by atoms with Crippen molar-refractivity contribution in [3.05, 3.63) is 39.6 Å². The van der Waals surface area contributed by atoms with Gasteiger partial charge in [0.25, 0.3) is 5.56 Å². The molecule has 0 saturated heterocycles. The van der Waals surface area contributed by atoms with Gasteiger partial charge >= 0.3 is 5.82 Å². The molecule has 0 fully saturated rings. The third-order valence-electron chi connectivity index (χ3n) is 2.95. The third kappa shape index (κ3) is 1.44. The number of nitrogens with zero attached hydrogens (tertiary/aromatic N) is 5. The van der Waals surface area contributed by atoms with Gasteiger partial charge in [-0.3, -0.25) is 4.79 Å². The highest BCUT2D eigenvalue weighted by Gasteiger charge is 2.24. The molecule has 0 aliphatic rings. The first-order valence-corrected chi connectivity index (χ1v) is 6.25. The zero-order valence-corrected chi connectivity index (χ0v) is 11.3. The molecule has 4 aromatic rings. The molecule has 20 heavy (non-hydrogen) atoms. The number of para-hydroxylation sites is 1. The zero-order chi connectivity index (χ0) is 13.0. The van der Waals surface area contributed by atoms with E-state index >= 15 is 0 Å². The van der Waals surface area contributed by atoms with Gasteiger partial charge in [-0.1, -0.05) is 23.5 Å². The monoisotopic (exact) mass is 304 g/mol. The molecular weight excluding hydrogens is 300 g/mol. The van der Waals surface area contributed by atoms with Crippen LogP contribution in [0.4, 0.5) is 5.82 Å². The van der Waals surface area contributed by atoms with Crippen LogP contribution in [0.15, 0.2) is 29.1 Å². The van der Waals surface area contributed by atoms with Crippen molar-refractivity contribution in [3.63, 3.8) is 0 Å². The summed E-state index contributed by atoms with van der Waals surface area (Å²) in [5, 5.41) is 15.4. The molecule has 9 heteroatoms. The van der Waals surface area contributed by atoms with Crippen LogP contribution < -0.4 is 18.0 Å². The number of rotatable bonds is 0. The van der Waals surface area contributed by atoms with Crippen LogP contribution in [0.5, 0.6) is 0 Å². The molecule has 0 unspecified atom stereocenters. The molecule has 0 bridgehead atoms. The van der Waals surface area contributed by atoms with Gasteiger partial charge in [-0.2, -0.15) is 10.1 Å². The summed E-state index contributed by atoms with van der Waals surface area (Å²) >= 11 is 1.42. The van der Waals surface area contributed by atoms with E-state index in [4.69, 9.17) is 5.39 Å². The number of fused-ring (bicyclic) bond motifs is 4. The molecule has 7 nitrogen and oxygen atoms in total. The number of benzene rings is 1. The zero-order valence-electron chi connectivity index (χ0n) is 9.74. The van der Waals surface area contributed by atoms with E-state index in [-0.39, 0.29) is 29.2 Å². The Balaban J connectivity index is 0.00000121. The highest BCUT2D eigenvalue weighted by Crippen LogP contribution is 2.26. The van der Waals surface area contributed by atoms with Crippen LogP contribution in [-0.2, 0) is 0 Å². The van der Waals surface area contributed by atoms with Crippen molar-refractivity contribution in [1.29, 1.82) is 5.39 Å². The van der Waals surface area contributed by atoms with Gasteiger partial charge in [0.1, 0.15) is 0 Å². The number of hydrogen-bond acceptors (Lipinski definition) is 5. The van der Waals surface area contributed by atoms with Gasteiger partial charge < -0.3 is 12.4 Å². The Morgan fingerprint density at radius 1 is 1.35 bits per heavy atom. The first-order valence-electron chi connectivity index (χ1n) is 5.43. The topological polar surface area (TPSA) is 91.2 Å². The van der Waals surface area contributed by atoms with E-state index in [2.05, 4.69) is 20.2 Å². The third-order valence-corrected chi connectivity index (χ3v) is 3.97. The summed E-state index contributed by atoms with van der Waals surface area (Å²) in [5.41, 5.74) is 0.815. The van der Waals surface area contributed by atoms with Crippen LogP contribution >= 0.6 is 11.3 Å². The van der Waals surface area contributed by atoms with Crippen LogP contribution in [0.2, 0.25) is 0 Å². The number of thiazole rings is 1. The molecule has 1 N–H and O–H groups in total. The fourth-order valence-corrected chi connectivity index (χ4v) is 3.14. The summed E-state index contributed by atoms with van der Waals surface area (Å²) in [7, 11) is 0. The largest absolute Gasteiger partial charge is 1.00 e. The van der Waals surface area contributed by atoms with Crippen molar-refractivity contribution < 1.29 is 12.4 Å². The quantitative estimate of drug-likeness (QED) is 0.434. The number of diazo groups is 1. The van der Waals surface area contributed by atoms with Gasteiger partial charge in [-0.05, 0) is 12.1 Å². The summed E-state index contributed by atoms with van der Waals surface area (Å²) in [6.07, 6.45) is 0.